The molecule has 4 heteroatoms. The molecule has 0 N–H and O–H groups in total. The standard InChI is InChI=1S/C19H29N3O/c1-17-8-12-20(13-9-17)10-5-11-21-14-15-22(19(21)23)16-18-6-3-2-4-7-18/h2-4,6-7,17H,5,8-16H2,1H3. The molecule has 0 bridgehead atoms. The lowest BCUT2D eigenvalue weighted by atomic mass is 9.99. The Bertz CT molecular complexity index is 497. The summed E-state index contributed by atoms with van der Waals surface area (Å²) in [5.74, 6) is 0.887. The molecule has 2 aliphatic heterocycles. The van der Waals surface area contributed by atoms with Gasteiger partial charge in [-0.25, -0.2) is 4.79 Å². The highest BCUT2D eigenvalue weighted by molar-refractivity contribution is 5.76. The van der Waals surface area contributed by atoms with Gasteiger partial charge >= 0.3 is 6.03 Å². The molecule has 1 aromatic rings. The largest absolute Gasteiger partial charge is 0.323 e. The molecule has 2 aliphatic rings. The van der Waals surface area contributed by atoms with E-state index >= 15 is 0 Å². The fourth-order valence-electron chi connectivity index (χ4n) is 3.56. The first-order chi connectivity index (χ1) is 11.2. The van der Waals surface area contributed by atoms with Crippen LogP contribution in [-0.4, -0.2) is 60.0 Å². The number of rotatable bonds is 6. The van der Waals surface area contributed by atoms with Gasteiger partial charge in [0.05, 0.1) is 0 Å². The number of urea groups is 1. The summed E-state index contributed by atoms with van der Waals surface area (Å²) in [7, 11) is 0. The second kappa shape index (κ2) is 7.82. The first-order valence-electron chi connectivity index (χ1n) is 9.02. The molecule has 1 aromatic carbocycles. The molecule has 2 saturated heterocycles. The van der Waals surface area contributed by atoms with Crippen molar-refractivity contribution in [1.29, 1.82) is 0 Å². The number of carbonyl (C=O) groups is 1. The molecular formula is C19H29N3O. The van der Waals surface area contributed by atoms with Crippen LogP contribution in [0.15, 0.2) is 30.3 Å². The maximum atomic E-state index is 12.5. The summed E-state index contributed by atoms with van der Waals surface area (Å²) >= 11 is 0. The highest BCUT2D eigenvalue weighted by Gasteiger charge is 2.28. The smallest absolute Gasteiger partial charge is 0.320 e. The topological polar surface area (TPSA) is 26.8 Å². The van der Waals surface area contributed by atoms with Crippen LogP contribution in [0.2, 0.25) is 0 Å². The molecule has 0 atom stereocenters. The second-order valence-electron chi connectivity index (χ2n) is 7.05. The number of hydrogen-bond donors (Lipinski definition) is 0. The molecule has 0 unspecified atom stereocenters. The minimum absolute atomic E-state index is 0.209. The maximum absolute atomic E-state index is 12.5. The van der Waals surface area contributed by atoms with Gasteiger partial charge in [-0.2, -0.15) is 0 Å². The summed E-state index contributed by atoms with van der Waals surface area (Å²) in [6.45, 7) is 9.31. The minimum Gasteiger partial charge on any atom is -0.323 e. The van der Waals surface area contributed by atoms with Crippen molar-refractivity contribution < 1.29 is 4.79 Å². The van der Waals surface area contributed by atoms with Crippen molar-refractivity contribution >= 4 is 6.03 Å². The number of piperidine rings is 1. The van der Waals surface area contributed by atoms with Crippen molar-refractivity contribution in [2.75, 3.05) is 39.3 Å². The highest BCUT2D eigenvalue weighted by Crippen LogP contribution is 2.17. The van der Waals surface area contributed by atoms with E-state index in [4.69, 9.17) is 0 Å². The molecule has 0 spiro atoms. The van der Waals surface area contributed by atoms with Gasteiger partial charge in [0.2, 0.25) is 0 Å². The zero-order valence-corrected chi connectivity index (χ0v) is 14.3. The quantitative estimate of drug-likeness (QED) is 0.807. The van der Waals surface area contributed by atoms with Gasteiger partial charge in [-0.1, -0.05) is 37.3 Å². The van der Waals surface area contributed by atoms with Crippen molar-refractivity contribution in [3.8, 4) is 0 Å². The van der Waals surface area contributed by atoms with Crippen LogP contribution in [0.3, 0.4) is 0 Å². The molecule has 2 heterocycles. The van der Waals surface area contributed by atoms with E-state index in [1.165, 1.54) is 31.5 Å². The number of hydrogen-bond acceptors (Lipinski definition) is 2. The Morgan fingerprint density at radius 1 is 0.957 bits per heavy atom. The van der Waals surface area contributed by atoms with Crippen LogP contribution in [0.25, 0.3) is 0 Å². The normalized spacial score (nSPS) is 20.5. The summed E-state index contributed by atoms with van der Waals surface area (Å²) in [6, 6.07) is 10.5. The van der Waals surface area contributed by atoms with E-state index < -0.39 is 0 Å². The van der Waals surface area contributed by atoms with Gasteiger partial charge in [0.1, 0.15) is 0 Å². The van der Waals surface area contributed by atoms with Crippen molar-refractivity contribution in [2.45, 2.75) is 32.7 Å². The summed E-state index contributed by atoms with van der Waals surface area (Å²) < 4.78 is 0. The molecule has 0 aliphatic carbocycles. The third-order valence-electron chi connectivity index (χ3n) is 5.18. The second-order valence-corrected chi connectivity index (χ2v) is 7.05. The van der Waals surface area contributed by atoms with Crippen molar-refractivity contribution in [3.63, 3.8) is 0 Å². The van der Waals surface area contributed by atoms with Gasteiger partial charge in [-0.3, -0.25) is 0 Å². The lowest BCUT2D eigenvalue weighted by molar-refractivity contribution is 0.174. The van der Waals surface area contributed by atoms with Crippen LogP contribution in [0.1, 0.15) is 31.7 Å². The minimum atomic E-state index is 0.209. The molecule has 23 heavy (non-hydrogen) atoms. The van der Waals surface area contributed by atoms with Crippen molar-refractivity contribution in [1.82, 2.24) is 14.7 Å². The van der Waals surface area contributed by atoms with E-state index in [1.54, 1.807) is 0 Å². The molecule has 2 fully saturated rings. The van der Waals surface area contributed by atoms with Crippen LogP contribution >= 0.6 is 0 Å². The highest BCUT2D eigenvalue weighted by atomic mass is 16.2. The van der Waals surface area contributed by atoms with Gasteiger partial charge in [0.25, 0.3) is 0 Å². The summed E-state index contributed by atoms with van der Waals surface area (Å²) in [5.41, 5.74) is 1.21. The van der Waals surface area contributed by atoms with Crippen LogP contribution in [0.4, 0.5) is 4.79 Å². The monoisotopic (exact) mass is 315 g/mol. The zero-order chi connectivity index (χ0) is 16.1. The van der Waals surface area contributed by atoms with Gasteiger partial charge in [-0.15, -0.1) is 0 Å². The number of amides is 2. The Morgan fingerprint density at radius 3 is 2.39 bits per heavy atom. The van der Waals surface area contributed by atoms with E-state index in [-0.39, 0.29) is 6.03 Å². The van der Waals surface area contributed by atoms with Crippen LogP contribution in [-0.2, 0) is 6.54 Å². The number of nitrogens with zero attached hydrogens (tertiary/aromatic N) is 3. The Balaban J connectivity index is 1.39. The average Bonchev–Trinajstić information content (AvgIpc) is 2.91. The SMILES string of the molecule is CC1CCN(CCCN2CCN(Cc3ccccc3)C2=O)CC1. The van der Waals surface area contributed by atoms with Gasteiger partial charge in [0.15, 0.2) is 0 Å². The number of likely N-dealkylation sites (tertiary alicyclic amines) is 1. The number of benzene rings is 1. The predicted molar refractivity (Wildman–Crippen MR) is 93.3 cm³/mol. The van der Waals surface area contributed by atoms with Crippen LogP contribution < -0.4 is 0 Å². The van der Waals surface area contributed by atoms with Gasteiger partial charge in [-0.05, 0) is 50.4 Å². The maximum Gasteiger partial charge on any atom is 0.320 e. The fourth-order valence-corrected chi connectivity index (χ4v) is 3.56. The molecule has 126 valence electrons. The van der Waals surface area contributed by atoms with E-state index in [0.717, 1.165) is 45.1 Å². The third kappa shape index (κ3) is 4.47. The Morgan fingerprint density at radius 2 is 1.65 bits per heavy atom. The predicted octanol–water partition coefficient (Wildman–Crippen LogP) is 3.05. The fraction of sp³-hybridized carbons (Fsp3) is 0.632. The van der Waals surface area contributed by atoms with Crippen LogP contribution in [0.5, 0.6) is 0 Å². The van der Waals surface area contributed by atoms with Crippen molar-refractivity contribution in [3.05, 3.63) is 35.9 Å². The third-order valence-corrected chi connectivity index (χ3v) is 5.18. The Hall–Kier alpha value is -1.55. The molecule has 0 radical (unpaired) electrons. The average molecular weight is 315 g/mol. The van der Waals surface area contributed by atoms with E-state index in [1.807, 2.05) is 28.0 Å². The lowest BCUT2D eigenvalue weighted by Crippen LogP contribution is -2.36. The first kappa shape index (κ1) is 16.3. The van der Waals surface area contributed by atoms with E-state index in [9.17, 15) is 4.79 Å². The summed E-state index contributed by atoms with van der Waals surface area (Å²) in [5, 5.41) is 0. The Labute approximate surface area is 140 Å². The van der Waals surface area contributed by atoms with Crippen LogP contribution in [0, 0.1) is 5.92 Å². The molecule has 0 saturated carbocycles. The van der Waals surface area contributed by atoms with E-state index in [2.05, 4.69) is 24.0 Å². The van der Waals surface area contributed by atoms with Crippen molar-refractivity contribution in [2.24, 2.45) is 5.92 Å². The Kier molecular flexibility index (Phi) is 5.55. The number of carbonyl (C=O) groups excluding carboxylic acids is 1. The van der Waals surface area contributed by atoms with Gasteiger partial charge < -0.3 is 14.7 Å². The van der Waals surface area contributed by atoms with E-state index in [0.29, 0.717) is 0 Å². The summed E-state index contributed by atoms with van der Waals surface area (Å²) in [6.07, 6.45) is 3.75. The molecule has 3 rings (SSSR count). The van der Waals surface area contributed by atoms with Gasteiger partial charge in [0, 0.05) is 26.2 Å². The first-order valence-corrected chi connectivity index (χ1v) is 9.02. The zero-order valence-electron chi connectivity index (χ0n) is 14.3. The molecule has 2 amide bonds. The molecule has 4 nitrogen and oxygen atoms in total. The summed E-state index contributed by atoms with van der Waals surface area (Å²) in [4.78, 5) is 19.0. The lowest BCUT2D eigenvalue weighted by Gasteiger charge is -2.30. The molecular weight excluding hydrogens is 286 g/mol. The molecule has 0 aromatic heterocycles.